The van der Waals surface area contributed by atoms with Gasteiger partial charge in [-0.2, -0.15) is 0 Å². The molecule has 0 heterocycles. The molecule has 16 heavy (non-hydrogen) atoms. The number of hydrogen-bond acceptors (Lipinski definition) is 2. The van der Waals surface area contributed by atoms with Gasteiger partial charge in [0.1, 0.15) is 5.75 Å². The van der Waals surface area contributed by atoms with Gasteiger partial charge >= 0.3 is 0 Å². The average molecular weight is 219 g/mol. The quantitative estimate of drug-likeness (QED) is 0.821. The first-order valence-corrected chi connectivity index (χ1v) is 6.06. The highest BCUT2D eigenvalue weighted by molar-refractivity contribution is 5.42. The third-order valence-electron chi connectivity index (χ3n) is 3.84. The summed E-state index contributed by atoms with van der Waals surface area (Å²) in [5, 5.41) is 9.77. The lowest BCUT2D eigenvalue weighted by Gasteiger charge is -2.21. The van der Waals surface area contributed by atoms with Gasteiger partial charge in [0.2, 0.25) is 0 Å². The van der Waals surface area contributed by atoms with E-state index in [4.69, 9.17) is 5.73 Å². The number of nitrogens with two attached hydrogens (primary N) is 1. The third kappa shape index (κ3) is 1.82. The van der Waals surface area contributed by atoms with Crippen LogP contribution in [0.4, 0.5) is 0 Å². The zero-order valence-electron chi connectivity index (χ0n) is 10.3. The largest absolute Gasteiger partial charge is 0.508 e. The van der Waals surface area contributed by atoms with Crippen molar-refractivity contribution in [1.29, 1.82) is 0 Å². The van der Waals surface area contributed by atoms with Gasteiger partial charge < -0.3 is 10.8 Å². The van der Waals surface area contributed by atoms with Crippen LogP contribution in [0.25, 0.3) is 0 Å². The van der Waals surface area contributed by atoms with Crippen LogP contribution >= 0.6 is 0 Å². The van der Waals surface area contributed by atoms with Crippen molar-refractivity contribution < 1.29 is 5.11 Å². The zero-order valence-corrected chi connectivity index (χ0v) is 10.3. The highest BCUT2D eigenvalue weighted by Gasteiger charge is 2.47. The van der Waals surface area contributed by atoms with Crippen LogP contribution in [-0.4, -0.2) is 11.1 Å². The molecule has 1 aliphatic carbocycles. The summed E-state index contributed by atoms with van der Waals surface area (Å²) in [6, 6.07) is 6.10. The molecular formula is C14H21NO. The molecule has 0 radical (unpaired) electrons. The Labute approximate surface area is 97.5 Å². The summed E-state index contributed by atoms with van der Waals surface area (Å²) >= 11 is 0. The lowest BCUT2D eigenvalue weighted by molar-refractivity contribution is 0.469. The fraction of sp³-hybridized carbons (Fsp3) is 0.571. The molecule has 3 N–H and O–H groups in total. The van der Waals surface area contributed by atoms with E-state index in [0.717, 1.165) is 12.8 Å². The lowest BCUT2D eigenvalue weighted by Crippen LogP contribution is -2.31. The van der Waals surface area contributed by atoms with Gasteiger partial charge in [0.25, 0.3) is 0 Å². The van der Waals surface area contributed by atoms with E-state index in [2.05, 4.69) is 26.8 Å². The molecule has 1 fully saturated rings. The maximum atomic E-state index is 9.77. The molecule has 0 bridgehead atoms. The molecule has 1 aliphatic rings. The maximum absolute atomic E-state index is 9.77. The fourth-order valence-electron chi connectivity index (χ4n) is 2.40. The Bertz CT molecular complexity index is 392. The summed E-state index contributed by atoms with van der Waals surface area (Å²) in [5.41, 5.74) is 8.60. The van der Waals surface area contributed by atoms with Crippen molar-refractivity contribution in [2.24, 2.45) is 5.73 Å². The van der Waals surface area contributed by atoms with Gasteiger partial charge in [0, 0.05) is 11.5 Å². The van der Waals surface area contributed by atoms with Crippen LogP contribution in [0.5, 0.6) is 5.75 Å². The minimum Gasteiger partial charge on any atom is -0.508 e. The molecule has 1 saturated carbocycles. The monoisotopic (exact) mass is 219 g/mol. The van der Waals surface area contributed by atoms with E-state index in [1.807, 2.05) is 12.1 Å². The van der Waals surface area contributed by atoms with E-state index >= 15 is 0 Å². The minimum atomic E-state index is 0.127. The SMILES string of the molecule is CC(C)c1cc(O)cc(C2(C(C)N)CC2)c1. The fourth-order valence-corrected chi connectivity index (χ4v) is 2.40. The molecule has 2 rings (SSSR count). The summed E-state index contributed by atoms with van der Waals surface area (Å²) in [6.07, 6.45) is 2.29. The summed E-state index contributed by atoms with van der Waals surface area (Å²) < 4.78 is 0. The van der Waals surface area contributed by atoms with Crippen molar-refractivity contribution in [1.82, 2.24) is 0 Å². The second kappa shape index (κ2) is 3.77. The Morgan fingerprint density at radius 3 is 2.25 bits per heavy atom. The van der Waals surface area contributed by atoms with Gasteiger partial charge in [-0.15, -0.1) is 0 Å². The first-order chi connectivity index (χ1) is 7.45. The van der Waals surface area contributed by atoms with Gasteiger partial charge in [0.05, 0.1) is 0 Å². The Morgan fingerprint density at radius 2 is 1.81 bits per heavy atom. The van der Waals surface area contributed by atoms with Gasteiger partial charge in [-0.05, 0) is 48.9 Å². The Hall–Kier alpha value is -1.02. The van der Waals surface area contributed by atoms with Crippen molar-refractivity contribution in [3.05, 3.63) is 29.3 Å². The predicted octanol–water partition coefficient (Wildman–Crippen LogP) is 2.89. The Balaban J connectivity index is 2.42. The van der Waals surface area contributed by atoms with Gasteiger partial charge in [-0.3, -0.25) is 0 Å². The molecule has 0 saturated heterocycles. The van der Waals surface area contributed by atoms with Crippen LogP contribution in [-0.2, 0) is 5.41 Å². The molecule has 1 aromatic rings. The molecule has 1 aromatic carbocycles. The van der Waals surface area contributed by atoms with Crippen molar-refractivity contribution in [3.8, 4) is 5.75 Å². The molecule has 0 aliphatic heterocycles. The lowest BCUT2D eigenvalue weighted by atomic mass is 9.87. The molecule has 2 heteroatoms. The zero-order chi connectivity index (χ0) is 11.9. The minimum absolute atomic E-state index is 0.127. The van der Waals surface area contributed by atoms with E-state index in [0.29, 0.717) is 11.7 Å². The highest BCUT2D eigenvalue weighted by Crippen LogP contribution is 2.51. The Morgan fingerprint density at radius 1 is 1.19 bits per heavy atom. The first kappa shape index (κ1) is 11.5. The highest BCUT2D eigenvalue weighted by atomic mass is 16.3. The molecule has 2 nitrogen and oxygen atoms in total. The third-order valence-corrected chi connectivity index (χ3v) is 3.84. The second-order valence-electron chi connectivity index (χ2n) is 5.41. The van der Waals surface area contributed by atoms with E-state index in [1.54, 1.807) is 0 Å². The number of rotatable bonds is 3. The number of phenols is 1. The molecule has 88 valence electrons. The van der Waals surface area contributed by atoms with Crippen molar-refractivity contribution in [2.45, 2.75) is 51.0 Å². The van der Waals surface area contributed by atoms with Gasteiger partial charge in [-0.1, -0.05) is 19.9 Å². The van der Waals surface area contributed by atoms with Crippen LogP contribution in [0.3, 0.4) is 0 Å². The van der Waals surface area contributed by atoms with Crippen LogP contribution < -0.4 is 5.73 Å². The predicted molar refractivity (Wildman–Crippen MR) is 66.8 cm³/mol. The van der Waals surface area contributed by atoms with Crippen LogP contribution in [0.15, 0.2) is 18.2 Å². The molecule has 0 amide bonds. The number of aromatic hydroxyl groups is 1. The normalized spacial score (nSPS) is 19.8. The summed E-state index contributed by atoms with van der Waals surface area (Å²) in [7, 11) is 0. The second-order valence-corrected chi connectivity index (χ2v) is 5.41. The van der Waals surface area contributed by atoms with E-state index in [-0.39, 0.29) is 11.5 Å². The van der Waals surface area contributed by atoms with Gasteiger partial charge in [-0.25, -0.2) is 0 Å². The van der Waals surface area contributed by atoms with Crippen molar-refractivity contribution in [3.63, 3.8) is 0 Å². The molecular weight excluding hydrogens is 198 g/mol. The molecule has 0 spiro atoms. The molecule has 0 aromatic heterocycles. The number of benzene rings is 1. The molecule has 1 atom stereocenters. The van der Waals surface area contributed by atoms with Gasteiger partial charge in [0.15, 0.2) is 0 Å². The average Bonchev–Trinajstić information content (AvgIpc) is 2.97. The standard InChI is InChI=1S/C14H21NO/c1-9(2)11-6-12(8-13(16)7-11)14(4-5-14)10(3)15/h6-10,16H,4-5,15H2,1-3H3. The van der Waals surface area contributed by atoms with E-state index in [9.17, 15) is 5.11 Å². The summed E-state index contributed by atoms with van der Waals surface area (Å²) in [4.78, 5) is 0. The topological polar surface area (TPSA) is 46.2 Å². The van der Waals surface area contributed by atoms with E-state index < -0.39 is 0 Å². The van der Waals surface area contributed by atoms with E-state index in [1.165, 1.54) is 11.1 Å². The molecule has 1 unspecified atom stereocenters. The number of hydrogen-bond donors (Lipinski definition) is 2. The smallest absolute Gasteiger partial charge is 0.116 e. The van der Waals surface area contributed by atoms with Crippen LogP contribution in [0.2, 0.25) is 0 Å². The van der Waals surface area contributed by atoms with Crippen LogP contribution in [0.1, 0.15) is 50.7 Å². The Kier molecular flexibility index (Phi) is 2.70. The summed E-state index contributed by atoms with van der Waals surface area (Å²) in [6.45, 7) is 6.35. The number of phenolic OH excluding ortho intramolecular Hbond substituents is 1. The first-order valence-electron chi connectivity index (χ1n) is 6.06. The maximum Gasteiger partial charge on any atom is 0.116 e. The van der Waals surface area contributed by atoms with Crippen molar-refractivity contribution in [2.75, 3.05) is 0 Å². The van der Waals surface area contributed by atoms with Crippen molar-refractivity contribution >= 4 is 0 Å². The van der Waals surface area contributed by atoms with Crippen LogP contribution in [0, 0.1) is 0 Å². The summed E-state index contributed by atoms with van der Waals surface area (Å²) in [5.74, 6) is 0.808.